The van der Waals surface area contributed by atoms with Gasteiger partial charge >= 0.3 is 0 Å². The number of amides is 1. The van der Waals surface area contributed by atoms with Crippen LogP contribution in [-0.2, 0) is 0 Å². The number of halogens is 1. The van der Waals surface area contributed by atoms with Crippen molar-refractivity contribution in [3.63, 3.8) is 0 Å². The third-order valence-corrected chi connectivity index (χ3v) is 2.58. The first-order valence-electron chi connectivity index (χ1n) is 5.54. The fraction of sp³-hybridized carbons (Fsp3) is 0.167. The molecule has 18 heavy (non-hydrogen) atoms. The normalized spacial score (nSPS) is 10.1. The van der Waals surface area contributed by atoms with E-state index in [0.717, 1.165) is 12.2 Å². The Morgan fingerprint density at radius 2 is 2.33 bits per heavy atom. The highest BCUT2D eigenvalue weighted by atomic mass is 35.5. The molecule has 0 saturated heterocycles. The van der Waals surface area contributed by atoms with Crippen LogP contribution in [0.1, 0.15) is 17.3 Å². The lowest BCUT2D eigenvalue weighted by Gasteiger charge is -2.10. The Morgan fingerprint density at radius 3 is 3.00 bits per heavy atom. The van der Waals surface area contributed by atoms with Gasteiger partial charge in [-0.25, -0.2) is 0 Å². The quantitative estimate of drug-likeness (QED) is 0.795. The number of aromatic amines is 1. The Hall–Kier alpha value is -2.01. The summed E-state index contributed by atoms with van der Waals surface area (Å²) in [7, 11) is 0. The highest BCUT2D eigenvalue weighted by Gasteiger charge is 2.12. The molecule has 0 fully saturated rings. The van der Waals surface area contributed by atoms with Gasteiger partial charge in [-0.05, 0) is 25.1 Å². The minimum atomic E-state index is -0.227. The zero-order chi connectivity index (χ0) is 13.0. The van der Waals surface area contributed by atoms with Crippen LogP contribution in [0.15, 0.2) is 30.6 Å². The maximum absolute atomic E-state index is 12.1. The summed E-state index contributed by atoms with van der Waals surface area (Å²) in [6.07, 6.45) is 3.14. The summed E-state index contributed by atoms with van der Waals surface area (Å²) in [5.74, 6) is -0.227. The van der Waals surface area contributed by atoms with Crippen LogP contribution in [-0.4, -0.2) is 22.6 Å². The van der Waals surface area contributed by atoms with Crippen LogP contribution in [0.5, 0.6) is 0 Å². The van der Waals surface area contributed by atoms with E-state index in [-0.39, 0.29) is 5.91 Å². The third-order valence-electron chi connectivity index (χ3n) is 2.35. The van der Waals surface area contributed by atoms with Gasteiger partial charge in [-0.1, -0.05) is 11.6 Å². The van der Waals surface area contributed by atoms with Crippen molar-refractivity contribution in [3.8, 4) is 0 Å². The molecule has 2 rings (SSSR count). The van der Waals surface area contributed by atoms with Gasteiger partial charge in [0.15, 0.2) is 0 Å². The summed E-state index contributed by atoms with van der Waals surface area (Å²) in [5.41, 5.74) is 1.87. The number of rotatable bonds is 4. The lowest BCUT2D eigenvalue weighted by molar-refractivity contribution is 0.102. The molecular weight excluding hydrogens is 252 g/mol. The molecule has 0 spiro atoms. The number of hydrogen-bond acceptors (Lipinski definition) is 3. The molecule has 0 atom stereocenters. The van der Waals surface area contributed by atoms with Crippen molar-refractivity contribution >= 4 is 28.9 Å². The van der Waals surface area contributed by atoms with Gasteiger partial charge in [0.25, 0.3) is 5.91 Å². The van der Waals surface area contributed by atoms with Crippen molar-refractivity contribution in [3.05, 3.63) is 41.2 Å². The van der Waals surface area contributed by atoms with Crippen LogP contribution in [0.4, 0.5) is 11.4 Å². The molecule has 0 aliphatic heterocycles. The van der Waals surface area contributed by atoms with Crippen molar-refractivity contribution in [1.29, 1.82) is 0 Å². The predicted molar refractivity (Wildman–Crippen MR) is 72.2 cm³/mol. The fourth-order valence-corrected chi connectivity index (χ4v) is 1.74. The van der Waals surface area contributed by atoms with E-state index in [1.165, 1.54) is 6.20 Å². The van der Waals surface area contributed by atoms with E-state index in [9.17, 15) is 4.79 Å². The van der Waals surface area contributed by atoms with Gasteiger partial charge in [-0.3, -0.25) is 9.89 Å². The molecule has 0 aliphatic rings. The maximum atomic E-state index is 12.1. The van der Waals surface area contributed by atoms with E-state index >= 15 is 0 Å². The molecule has 0 unspecified atom stereocenters. The van der Waals surface area contributed by atoms with Gasteiger partial charge < -0.3 is 10.6 Å². The predicted octanol–water partition coefficient (Wildman–Crippen LogP) is 2.75. The Morgan fingerprint density at radius 1 is 1.50 bits per heavy atom. The number of nitrogens with one attached hydrogen (secondary N) is 3. The van der Waals surface area contributed by atoms with Gasteiger partial charge in [0.1, 0.15) is 0 Å². The van der Waals surface area contributed by atoms with Crippen LogP contribution >= 0.6 is 11.6 Å². The van der Waals surface area contributed by atoms with E-state index in [2.05, 4.69) is 20.8 Å². The van der Waals surface area contributed by atoms with E-state index in [1.807, 2.05) is 6.92 Å². The Kier molecular flexibility index (Phi) is 3.84. The number of carbonyl (C=O) groups is 1. The molecule has 0 bridgehead atoms. The second-order valence-electron chi connectivity index (χ2n) is 3.66. The minimum Gasteiger partial charge on any atom is -0.385 e. The van der Waals surface area contributed by atoms with Crippen molar-refractivity contribution in [2.45, 2.75) is 6.92 Å². The molecule has 3 N–H and O–H groups in total. The Balaban J connectivity index is 2.25. The number of anilines is 2. The number of hydrogen-bond donors (Lipinski definition) is 3. The molecule has 1 aromatic carbocycles. The SMILES string of the molecule is CCNc1ccc(Cl)cc1C(=O)Nc1cn[nH]c1. The van der Waals surface area contributed by atoms with Crippen molar-refractivity contribution in [1.82, 2.24) is 10.2 Å². The van der Waals surface area contributed by atoms with E-state index in [1.54, 1.807) is 24.4 Å². The number of benzene rings is 1. The first kappa shape index (κ1) is 12.4. The zero-order valence-corrected chi connectivity index (χ0v) is 10.6. The topological polar surface area (TPSA) is 69.8 Å². The molecule has 1 heterocycles. The second-order valence-corrected chi connectivity index (χ2v) is 4.10. The zero-order valence-electron chi connectivity index (χ0n) is 9.83. The van der Waals surface area contributed by atoms with Gasteiger partial charge in [-0.15, -0.1) is 0 Å². The molecule has 0 radical (unpaired) electrons. The average molecular weight is 265 g/mol. The van der Waals surface area contributed by atoms with Crippen LogP contribution in [0.3, 0.4) is 0 Å². The van der Waals surface area contributed by atoms with Gasteiger partial charge in [0.2, 0.25) is 0 Å². The first-order chi connectivity index (χ1) is 8.70. The second kappa shape index (κ2) is 5.55. The van der Waals surface area contributed by atoms with Crippen LogP contribution in [0.2, 0.25) is 5.02 Å². The Labute approximate surface area is 110 Å². The summed E-state index contributed by atoms with van der Waals surface area (Å²) in [5, 5.41) is 12.8. The highest BCUT2D eigenvalue weighted by Crippen LogP contribution is 2.21. The number of H-pyrrole nitrogens is 1. The van der Waals surface area contributed by atoms with Crippen LogP contribution in [0, 0.1) is 0 Å². The largest absolute Gasteiger partial charge is 0.385 e. The standard InChI is InChI=1S/C12H13ClN4O/c1-2-14-11-4-3-8(13)5-10(11)12(18)17-9-6-15-16-7-9/h3-7,14H,2H2,1H3,(H,15,16)(H,17,18). The summed E-state index contributed by atoms with van der Waals surface area (Å²) in [6.45, 7) is 2.69. The van der Waals surface area contributed by atoms with Gasteiger partial charge in [0, 0.05) is 23.5 Å². The minimum absolute atomic E-state index is 0.227. The van der Waals surface area contributed by atoms with E-state index in [0.29, 0.717) is 16.3 Å². The van der Waals surface area contributed by atoms with E-state index in [4.69, 9.17) is 11.6 Å². The summed E-state index contributed by atoms with van der Waals surface area (Å²) < 4.78 is 0. The highest BCUT2D eigenvalue weighted by molar-refractivity contribution is 6.31. The summed E-state index contributed by atoms with van der Waals surface area (Å²) in [4.78, 5) is 12.1. The number of nitrogens with zero attached hydrogens (tertiary/aromatic N) is 1. The van der Waals surface area contributed by atoms with Crippen molar-refractivity contribution in [2.75, 3.05) is 17.2 Å². The molecule has 0 aliphatic carbocycles. The molecule has 5 nitrogen and oxygen atoms in total. The van der Waals surface area contributed by atoms with Gasteiger partial charge in [0.05, 0.1) is 17.4 Å². The molecular formula is C12H13ClN4O. The molecule has 1 aromatic heterocycles. The average Bonchev–Trinajstić information content (AvgIpc) is 2.84. The molecule has 94 valence electrons. The first-order valence-corrected chi connectivity index (χ1v) is 5.92. The Bertz CT molecular complexity index is 539. The smallest absolute Gasteiger partial charge is 0.257 e. The molecule has 2 aromatic rings. The third kappa shape index (κ3) is 2.81. The van der Waals surface area contributed by atoms with Gasteiger partial charge in [-0.2, -0.15) is 5.10 Å². The fourth-order valence-electron chi connectivity index (χ4n) is 1.57. The lowest BCUT2D eigenvalue weighted by atomic mass is 10.1. The van der Waals surface area contributed by atoms with Crippen molar-refractivity contribution < 1.29 is 4.79 Å². The van der Waals surface area contributed by atoms with E-state index < -0.39 is 0 Å². The van der Waals surface area contributed by atoms with Crippen molar-refractivity contribution in [2.24, 2.45) is 0 Å². The number of carbonyl (C=O) groups excluding carboxylic acids is 1. The van der Waals surface area contributed by atoms with Crippen LogP contribution in [0.25, 0.3) is 0 Å². The monoisotopic (exact) mass is 264 g/mol. The molecule has 1 amide bonds. The summed E-state index contributed by atoms with van der Waals surface area (Å²) >= 11 is 5.92. The molecule has 0 saturated carbocycles. The summed E-state index contributed by atoms with van der Waals surface area (Å²) in [6, 6.07) is 5.17. The maximum Gasteiger partial charge on any atom is 0.257 e. The molecule has 6 heteroatoms. The van der Waals surface area contributed by atoms with Crippen LogP contribution < -0.4 is 10.6 Å². The lowest BCUT2D eigenvalue weighted by Crippen LogP contribution is -2.14. The number of aromatic nitrogens is 2.